The highest BCUT2D eigenvalue weighted by Crippen LogP contribution is 2.41. The van der Waals surface area contributed by atoms with Crippen LogP contribution in [0.4, 0.5) is 5.69 Å². The van der Waals surface area contributed by atoms with Gasteiger partial charge in [0, 0.05) is 16.8 Å². The van der Waals surface area contributed by atoms with Crippen molar-refractivity contribution in [3.8, 4) is 5.75 Å². The number of fused-ring (bicyclic) bond motifs is 1. The Kier molecular flexibility index (Phi) is 6.54. The number of halogens is 1. The standard InChI is InChI=1S/C21H22ClNO4S/c1-4-26-18(24)11-17-21(28)23-15-9-8-12(2)10-14(15)20(27-17)13-6-5-7-16(25-3)19(13)22/h5-10,17,20H,4,11H2,1-3H3,(H,23,28)/t17-,20-/m1/s1. The van der Waals surface area contributed by atoms with E-state index in [1.807, 2.05) is 37.3 Å². The number of thiocarbonyl (C=S) groups is 1. The maximum absolute atomic E-state index is 12.1. The van der Waals surface area contributed by atoms with E-state index < -0.39 is 12.2 Å². The Hall–Kier alpha value is -2.15. The molecule has 0 amide bonds. The summed E-state index contributed by atoms with van der Waals surface area (Å²) in [4.78, 5) is 12.5. The summed E-state index contributed by atoms with van der Waals surface area (Å²) in [5, 5.41) is 3.68. The minimum absolute atomic E-state index is 0.0186. The van der Waals surface area contributed by atoms with Crippen LogP contribution >= 0.6 is 23.8 Å². The lowest BCUT2D eigenvalue weighted by Crippen LogP contribution is -2.31. The predicted octanol–water partition coefficient (Wildman–Crippen LogP) is 4.84. The summed E-state index contributed by atoms with van der Waals surface area (Å²) in [5.74, 6) is 0.188. The first-order valence-electron chi connectivity index (χ1n) is 8.99. The number of nitrogens with one attached hydrogen (secondary N) is 1. The lowest BCUT2D eigenvalue weighted by Gasteiger charge is -2.24. The molecule has 0 aliphatic carbocycles. The fraction of sp³-hybridized carbons (Fsp3) is 0.333. The zero-order valence-corrected chi connectivity index (χ0v) is 17.5. The second-order valence-corrected chi connectivity index (χ2v) is 7.28. The van der Waals surface area contributed by atoms with E-state index in [1.54, 1.807) is 20.1 Å². The van der Waals surface area contributed by atoms with E-state index in [9.17, 15) is 4.79 Å². The number of ether oxygens (including phenoxy) is 3. The van der Waals surface area contributed by atoms with E-state index in [2.05, 4.69) is 5.32 Å². The number of anilines is 1. The fourth-order valence-electron chi connectivity index (χ4n) is 3.17. The van der Waals surface area contributed by atoms with Crippen LogP contribution in [-0.2, 0) is 14.3 Å². The van der Waals surface area contributed by atoms with Crippen LogP contribution in [0.15, 0.2) is 36.4 Å². The van der Waals surface area contributed by atoms with Gasteiger partial charge < -0.3 is 19.5 Å². The molecular weight excluding hydrogens is 398 g/mol. The molecule has 0 spiro atoms. The van der Waals surface area contributed by atoms with Crippen LogP contribution in [0, 0.1) is 6.92 Å². The maximum atomic E-state index is 12.1. The first-order valence-corrected chi connectivity index (χ1v) is 9.78. The van der Waals surface area contributed by atoms with Crippen molar-refractivity contribution in [2.45, 2.75) is 32.5 Å². The molecule has 0 radical (unpaired) electrons. The molecule has 0 saturated carbocycles. The topological polar surface area (TPSA) is 56.8 Å². The van der Waals surface area contributed by atoms with Gasteiger partial charge in [-0.05, 0) is 26.0 Å². The Morgan fingerprint density at radius 2 is 2.07 bits per heavy atom. The summed E-state index contributed by atoms with van der Waals surface area (Å²) in [5.41, 5.74) is 3.53. The van der Waals surface area contributed by atoms with Gasteiger partial charge in [-0.2, -0.15) is 0 Å². The smallest absolute Gasteiger partial charge is 0.308 e. The van der Waals surface area contributed by atoms with E-state index >= 15 is 0 Å². The van der Waals surface area contributed by atoms with Crippen molar-refractivity contribution in [3.05, 3.63) is 58.1 Å². The number of carbonyl (C=O) groups is 1. The summed E-state index contributed by atoms with van der Waals surface area (Å²) >= 11 is 12.1. The number of carbonyl (C=O) groups excluding carboxylic acids is 1. The predicted molar refractivity (Wildman–Crippen MR) is 113 cm³/mol. The molecule has 2 aromatic rings. The lowest BCUT2D eigenvalue weighted by molar-refractivity contribution is -0.145. The molecule has 2 aromatic carbocycles. The first kappa shape index (κ1) is 20.6. The van der Waals surface area contributed by atoms with Crippen molar-refractivity contribution in [1.82, 2.24) is 0 Å². The molecule has 0 saturated heterocycles. The van der Waals surface area contributed by atoms with Gasteiger partial charge in [-0.1, -0.05) is 53.6 Å². The summed E-state index contributed by atoms with van der Waals surface area (Å²) in [6.07, 6.45) is -1.15. The number of benzene rings is 2. The molecule has 0 unspecified atom stereocenters. The van der Waals surface area contributed by atoms with Crippen LogP contribution in [0.25, 0.3) is 0 Å². The molecule has 1 N–H and O–H groups in total. The second-order valence-electron chi connectivity index (χ2n) is 6.46. The van der Waals surface area contributed by atoms with Crippen molar-refractivity contribution >= 4 is 40.5 Å². The van der Waals surface area contributed by atoms with E-state index in [0.29, 0.717) is 22.4 Å². The molecule has 1 aliphatic rings. The van der Waals surface area contributed by atoms with Gasteiger partial charge in [-0.3, -0.25) is 4.79 Å². The van der Waals surface area contributed by atoms with E-state index in [1.165, 1.54) is 0 Å². The Morgan fingerprint density at radius 3 is 2.79 bits per heavy atom. The average Bonchev–Trinajstić information content (AvgIpc) is 2.79. The van der Waals surface area contributed by atoms with Crippen LogP contribution < -0.4 is 10.1 Å². The number of methoxy groups -OCH3 is 1. The molecular formula is C21H22ClNO4S. The van der Waals surface area contributed by atoms with Gasteiger partial charge in [0.15, 0.2) is 0 Å². The maximum Gasteiger partial charge on any atom is 0.308 e. The highest BCUT2D eigenvalue weighted by Gasteiger charge is 2.32. The lowest BCUT2D eigenvalue weighted by atomic mass is 9.97. The van der Waals surface area contributed by atoms with Gasteiger partial charge >= 0.3 is 5.97 Å². The summed E-state index contributed by atoms with van der Waals surface area (Å²) in [7, 11) is 1.57. The quantitative estimate of drug-likeness (QED) is 0.553. The molecule has 0 fully saturated rings. The summed E-state index contributed by atoms with van der Waals surface area (Å²) in [6.45, 7) is 4.07. The number of hydrogen-bond acceptors (Lipinski definition) is 5. The largest absolute Gasteiger partial charge is 0.495 e. The molecule has 5 nitrogen and oxygen atoms in total. The highest BCUT2D eigenvalue weighted by atomic mass is 35.5. The van der Waals surface area contributed by atoms with Gasteiger partial charge in [0.1, 0.15) is 22.9 Å². The monoisotopic (exact) mass is 419 g/mol. The first-order chi connectivity index (χ1) is 13.4. The van der Waals surface area contributed by atoms with Gasteiger partial charge in [0.25, 0.3) is 0 Å². The fourth-order valence-corrected chi connectivity index (χ4v) is 3.72. The number of aryl methyl sites for hydroxylation is 1. The minimum Gasteiger partial charge on any atom is -0.495 e. The van der Waals surface area contributed by atoms with E-state index in [4.69, 9.17) is 38.0 Å². The van der Waals surface area contributed by atoms with Crippen LogP contribution in [0.5, 0.6) is 5.75 Å². The normalized spacial score (nSPS) is 18.6. The third-order valence-electron chi connectivity index (χ3n) is 4.49. The molecule has 0 bridgehead atoms. The van der Waals surface area contributed by atoms with Crippen LogP contribution in [0.2, 0.25) is 5.02 Å². The Bertz CT molecular complexity index is 902. The summed E-state index contributed by atoms with van der Waals surface area (Å²) < 4.78 is 16.8. The number of hydrogen-bond donors (Lipinski definition) is 1. The van der Waals surface area contributed by atoms with Gasteiger partial charge in [-0.25, -0.2) is 0 Å². The molecule has 1 aliphatic heterocycles. The van der Waals surface area contributed by atoms with Crippen molar-refractivity contribution in [2.24, 2.45) is 0 Å². The zero-order valence-electron chi connectivity index (χ0n) is 16.0. The van der Waals surface area contributed by atoms with E-state index in [0.717, 1.165) is 22.4 Å². The molecule has 28 heavy (non-hydrogen) atoms. The zero-order chi connectivity index (χ0) is 20.3. The minimum atomic E-state index is -0.644. The Labute approximate surface area is 174 Å². The Morgan fingerprint density at radius 1 is 1.29 bits per heavy atom. The molecule has 2 atom stereocenters. The molecule has 148 valence electrons. The van der Waals surface area contributed by atoms with Crippen LogP contribution in [0.3, 0.4) is 0 Å². The molecule has 7 heteroatoms. The third-order valence-corrected chi connectivity index (χ3v) is 5.26. The Balaban J connectivity index is 2.08. The average molecular weight is 420 g/mol. The van der Waals surface area contributed by atoms with Crippen LogP contribution in [-0.4, -0.2) is 30.8 Å². The number of rotatable bonds is 5. The van der Waals surface area contributed by atoms with Crippen molar-refractivity contribution < 1.29 is 19.0 Å². The highest BCUT2D eigenvalue weighted by molar-refractivity contribution is 7.80. The van der Waals surface area contributed by atoms with Gasteiger partial charge in [0.05, 0.1) is 25.2 Å². The molecule has 0 aromatic heterocycles. The second kappa shape index (κ2) is 8.90. The molecule has 3 rings (SSSR count). The van der Waals surface area contributed by atoms with Crippen molar-refractivity contribution in [1.29, 1.82) is 0 Å². The summed E-state index contributed by atoms with van der Waals surface area (Å²) in [6, 6.07) is 11.5. The van der Waals surface area contributed by atoms with Gasteiger partial charge in [-0.15, -0.1) is 0 Å². The van der Waals surface area contributed by atoms with Crippen molar-refractivity contribution in [3.63, 3.8) is 0 Å². The van der Waals surface area contributed by atoms with Gasteiger partial charge in [0.2, 0.25) is 0 Å². The molecule has 1 heterocycles. The SMILES string of the molecule is CCOC(=O)C[C@H]1O[C@H](c2cccc(OC)c2Cl)c2cc(C)ccc2NC1=S. The number of esters is 1. The van der Waals surface area contributed by atoms with Crippen molar-refractivity contribution in [2.75, 3.05) is 19.0 Å². The third kappa shape index (κ3) is 4.29. The van der Waals surface area contributed by atoms with Crippen LogP contribution in [0.1, 0.15) is 36.1 Å². The van der Waals surface area contributed by atoms with E-state index in [-0.39, 0.29) is 12.4 Å².